The Hall–Kier alpha value is -2.81. The predicted molar refractivity (Wildman–Crippen MR) is 77.7 cm³/mol. The fourth-order valence-corrected chi connectivity index (χ4v) is 2.49. The van der Waals surface area contributed by atoms with Gasteiger partial charge in [0.15, 0.2) is 5.76 Å². The number of H-pyrrole nitrogens is 1. The topological polar surface area (TPSA) is 42.1 Å². The number of fused-ring (bicyclic) bond motifs is 2. The molecule has 1 aliphatic heterocycles. The summed E-state index contributed by atoms with van der Waals surface area (Å²) in [4.78, 5) is 15.4. The number of aromatic amines is 1. The normalized spacial score (nSPS) is 15.6. The first-order valence-corrected chi connectivity index (χ1v) is 6.42. The maximum atomic E-state index is 12.3. The predicted octanol–water partition coefficient (Wildman–Crippen LogP) is 3.78. The van der Waals surface area contributed by atoms with Gasteiger partial charge in [-0.05, 0) is 24.3 Å². The van der Waals surface area contributed by atoms with Crippen LogP contribution < -0.4 is 4.74 Å². The first kappa shape index (κ1) is 11.1. The highest BCUT2D eigenvalue weighted by atomic mass is 16.5. The number of aromatic nitrogens is 1. The van der Waals surface area contributed by atoms with Crippen LogP contribution in [0.2, 0.25) is 0 Å². The number of benzene rings is 2. The van der Waals surface area contributed by atoms with Crippen molar-refractivity contribution in [3.63, 3.8) is 0 Å². The van der Waals surface area contributed by atoms with E-state index in [0.717, 1.165) is 16.5 Å². The van der Waals surface area contributed by atoms with Gasteiger partial charge in [-0.3, -0.25) is 4.79 Å². The molecular weight excluding hydrogens is 250 g/mol. The van der Waals surface area contributed by atoms with Crippen molar-refractivity contribution in [1.82, 2.24) is 4.98 Å². The quantitative estimate of drug-likeness (QED) is 0.677. The SMILES string of the molecule is O=C1C(=Cc2c[nH]c3ccccc23)Oc2ccccc21. The lowest BCUT2D eigenvalue weighted by Gasteiger charge is -1.97. The minimum atomic E-state index is -0.0640. The monoisotopic (exact) mass is 261 g/mol. The molecule has 0 bridgehead atoms. The Kier molecular flexibility index (Phi) is 2.27. The Bertz CT molecular complexity index is 858. The molecule has 1 N–H and O–H groups in total. The van der Waals surface area contributed by atoms with Crippen molar-refractivity contribution in [2.45, 2.75) is 0 Å². The molecule has 0 aliphatic carbocycles. The van der Waals surface area contributed by atoms with Crippen LogP contribution in [0.5, 0.6) is 5.75 Å². The van der Waals surface area contributed by atoms with E-state index in [4.69, 9.17) is 4.74 Å². The smallest absolute Gasteiger partial charge is 0.231 e. The minimum Gasteiger partial charge on any atom is -0.452 e. The molecule has 4 rings (SSSR count). The summed E-state index contributed by atoms with van der Waals surface area (Å²) in [6.07, 6.45) is 3.68. The van der Waals surface area contributed by atoms with E-state index in [-0.39, 0.29) is 5.78 Å². The second-order valence-electron chi connectivity index (χ2n) is 4.73. The second kappa shape index (κ2) is 4.10. The highest BCUT2D eigenvalue weighted by Gasteiger charge is 2.26. The third-order valence-corrected chi connectivity index (χ3v) is 3.48. The van der Waals surface area contributed by atoms with Crippen molar-refractivity contribution in [2.75, 3.05) is 0 Å². The molecule has 96 valence electrons. The van der Waals surface area contributed by atoms with Crippen molar-refractivity contribution >= 4 is 22.8 Å². The van der Waals surface area contributed by atoms with Crippen LogP contribution in [-0.2, 0) is 0 Å². The van der Waals surface area contributed by atoms with Crippen LogP contribution >= 0.6 is 0 Å². The van der Waals surface area contributed by atoms with Gasteiger partial charge in [-0.2, -0.15) is 0 Å². The molecule has 3 aromatic rings. The zero-order chi connectivity index (χ0) is 13.5. The third-order valence-electron chi connectivity index (χ3n) is 3.48. The van der Waals surface area contributed by atoms with Crippen LogP contribution in [0.4, 0.5) is 0 Å². The lowest BCUT2D eigenvalue weighted by atomic mass is 10.1. The van der Waals surface area contributed by atoms with E-state index < -0.39 is 0 Å². The van der Waals surface area contributed by atoms with Crippen LogP contribution in [0.25, 0.3) is 17.0 Å². The molecule has 3 nitrogen and oxygen atoms in total. The molecule has 2 heterocycles. The number of hydrogen-bond acceptors (Lipinski definition) is 2. The van der Waals surface area contributed by atoms with Crippen molar-refractivity contribution in [2.24, 2.45) is 0 Å². The van der Waals surface area contributed by atoms with Crippen LogP contribution in [0.1, 0.15) is 15.9 Å². The third kappa shape index (κ3) is 1.57. The van der Waals surface area contributed by atoms with Gasteiger partial charge in [0.05, 0.1) is 5.56 Å². The number of rotatable bonds is 1. The summed E-state index contributed by atoms with van der Waals surface area (Å²) in [6, 6.07) is 15.3. The standard InChI is InChI=1S/C17H11NO2/c19-17-13-6-2-4-8-15(13)20-16(17)9-11-10-18-14-7-3-1-5-12(11)14/h1-10,18H. The average Bonchev–Trinajstić information content (AvgIpc) is 3.03. The summed E-state index contributed by atoms with van der Waals surface area (Å²) in [5.74, 6) is 0.936. The number of hydrogen-bond donors (Lipinski definition) is 1. The van der Waals surface area contributed by atoms with Gasteiger partial charge in [-0.25, -0.2) is 0 Å². The molecule has 20 heavy (non-hydrogen) atoms. The largest absolute Gasteiger partial charge is 0.452 e. The summed E-state index contributed by atoms with van der Waals surface area (Å²) in [6.45, 7) is 0. The zero-order valence-electron chi connectivity index (χ0n) is 10.6. The average molecular weight is 261 g/mol. The molecule has 2 aromatic carbocycles. The number of nitrogens with one attached hydrogen (secondary N) is 1. The summed E-state index contributed by atoms with van der Waals surface area (Å²) in [5, 5.41) is 1.08. The van der Waals surface area contributed by atoms with E-state index >= 15 is 0 Å². The van der Waals surface area contributed by atoms with E-state index in [2.05, 4.69) is 4.98 Å². The number of carbonyl (C=O) groups is 1. The second-order valence-corrected chi connectivity index (χ2v) is 4.73. The van der Waals surface area contributed by atoms with Crippen LogP contribution in [0.15, 0.2) is 60.5 Å². The molecule has 1 aromatic heterocycles. The van der Waals surface area contributed by atoms with Gasteiger partial charge in [0, 0.05) is 22.7 Å². The molecule has 0 atom stereocenters. The molecule has 1 aliphatic rings. The van der Waals surface area contributed by atoms with Crippen molar-refractivity contribution in [3.8, 4) is 5.75 Å². The van der Waals surface area contributed by atoms with Gasteiger partial charge in [0.25, 0.3) is 0 Å². The molecule has 0 unspecified atom stereocenters. The summed E-state index contributed by atoms with van der Waals surface area (Å²) < 4.78 is 5.64. The summed E-state index contributed by atoms with van der Waals surface area (Å²) >= 11 is 0. The van der Waals surface area contributed by atoms with Crippen molar-refractivity contribution in [3.05, 3.63) is 71.6 Å². The fraction of sp³-hybridized carbons (Fsp3) is 0. The van der Waals surface area contributed by atoms with Gasteiger partial charge in [0.2, 0.25) is 5.78 Å². The summed E-state index contributed by atoms with van der Waals surface area (Å²) in [7, 11) is 0. The Balaban J connectivity index is 1.81. The van der Waals surface area contributed by atoms with Gasteiger partial charge >= 0.3 is 0 Å². The van der Waals surface area contributed by atoms with Crippen LogP contribution in [0, 0.1) is 0 Å². The van der Waals surface area contributed by atoms with E-state index in [1.807, 2.05) is 48.7 Å². The number of carbonyl (C=O) groups excluding carboxylic acids is 1. The molecular formula is C17H11NO2. The Morgan fingerprint density at radius 3 is 2.70 bits per heavy atom. The van der Waals surface area contributed by atoms with Gasteiger partial charge < -0.3 is 9.72 Å². The maximum absolute atomic E-state index is 12.3. The number of ether oxygens (including phenoxy) is 1. The number of ketones is 1. The van der Waals surface area contributed by atoms with Gasteiger partial charge in [-0.1, -0.05) is 30.3 Å². The molecule has 0 saturated heterocycles. The van der Waals surface area contributed by atoms with E-state index in [1.165, 1.54) is 0 Å². The van der Waals surface area contributed by atoms with Gasteiger partial charge in [-0.15, -0.1) is 0 Å². The van der Waals surface area contributed by atoms with Gasteiger partial charge in [0.1, 0.15) is 5.75 Å². The lowest BCUT2D eigenvalue weighted by molar-refractivity contribution is 0.101. The fourth-order valence-electron chi connectivity index (χ4n) is 2.49. The van der Waals surface area contributed by atoms with Crippen LogP contribution in [0.3, 0.4) is 0 Å². The molecule has 3 heteroatoms. The molecule has 0 saturated carbocycles. The van der Waals surface area contributed by atoms with Crippen molar-refractivity contribution in [1.29, 1.82) is 0 Å². The lowest BCUT2D eigenvalue weighted by Crippen LogP contribution is -1.97. The highest BCUT2D eigenvalue weighted by molar-refractivity contribution is 6.15. The Morgan fingerprint density at radius 2 is 1.80 bits per heavy atom. The molecule has 0 spiro atoms. The first-order chi connectivity index (χ1) is 9.83. The summed E-state index contributed by atoms with van der Waals surface area (Å²) in [5.41, 5.74) is 2.62. The maximum Gasteiger partial charge on any atom is 0.231 e. The zero-order valence-corrected chi connectivity index (χ0v) is 10.6. The highest BCUT2D eigenvalue weighted by Crippen LogP contribution is 2.32. The first-order valence-electron chi connectivity index (χ1n) is 6.42. The molecule has 0 fully saturated rings. The van der Waals surface area contributed by atoms with E-state index in [0.29, 0.717) is 17.1 Å². The number of para-hydroxylation sites is 2. The van der Waals surface area contributed by atoms with E-state index in [9.17, 15) is 4.79 Å². The van der Waals surface area contributed by atoms with Crippen molar-refractivity contribution < 1.29 is 9.53 Å². The molecule has 0 amide bonds. The number of allylic oxidation sites excluding steroid dienone is 1. The molecule has 0 radical (unpaired) electrons. The Morgan fingerprint density at radius 1 is 1.00 bits per heavy atom. The van der Waals surface area contributed by atoms with E-state index in [1.54, 1.807) is 12.1 Å². The Labute approximate surface area is 115 Å². The van der Waals surface area contributed by atoms with Crippen LogP contribution in [-0.4, -0.2) is 10.8 Å². The number of Topliss-reactive ketones (excluding diaryl/α,β-unsaturated/α-hetero) is 1. The minimum absolute atomic E-state index is 0.0640.